The molecule has 53 heavy (non-hydrogen) atoms. The van der Waals surface area contributed by atoms with Gasteiger partial charge < -0.3 is 14.4 Å². The van der Waals surface area contributed by atoms with Gasteiger partial charge in [-0.15, -0.1) is 0 Å². The smallest absolute Gasteiger partial charge is 0.306 e. The number of ether oxygens (including phenoxy) is 2. The number of allylic oxidation sites excluding steroid dienone is 16. The van der Waals surface area contributed by atoms with E-state index in [1.807, 2.05) is 0 Å². The molecule has 1 aliphatic heterocycles. The third-order valence-corrected chi connectivity index (χ3v) is 9.11. The van der Waals surface area contributed by atoms with Crippen LogP contribution in [0.5, 0.6) is 0 Å². The molecule has 1 fully saturated rings. The van der Waals surface area contributed by atoms with E-state index in [1.165, 1.54) is 64.2 Å². The van der Waals surface area contributed by atoms with Gasteiger partial charge in [0.25, 0.3) is 0 Å². The van der Waals surface area contributed by atoms with Crippen LogP contribution in [0, 0.1) is 0 Å². The predicted molar refractivity (Wildman–Crippen MR) is 228 cm³/mol. The number of esters is 2. The van der Waals surface area contributed by atoms with E-state index < -0.39 is 6.10 Å². The van der Waals surface area contributed by atoms with Crippen LogP contribution < -0.4 is 0 Å². The van der Waals surface area contributed by atoms with Crippen molar-refractivity contribution in [3.8, 4) is 0 Å². The maximum atomic E-state index is 12.7. The minimum Gasteiger partial charge on any atom is -0.462 e. The Hall–Kier alpha value is -3.18. The average molecular weight is 732 g/mol. The molecule has 298 valence electrons. The van der Waals surface area contributed by atoms with Crippen molar-refractivity contribution in [2.75, 3.05) is 26.2 Å². The van der Waals surface area contributed by atoms with Crippen LogP contribution in [0.2, 0.25) is 0 Å². The van der Waals surface area contributed by atoms with E-state index in [9.17, 15) is 9.59 Å². The number of hydrogen-bond acceptors (Lipinski definition) is 5. The van der Waals surface area contributed by atoms with Gasteiger partial charge in [-0.25, -0.2) is 0 Å². The Balaban J connectivity index is 2.20. The standard InChI is InChI=1S/C48H77NO4/c1-3-5-7-9-11-13-15-17-19-21-23-25-27-29-31-33-35-39-47(50)52-45-46(41-44-49-42-37-38-43-49)53-48(51)40-36-34-32-30-28-26-24-22-20-18-16-14-12-10-8-6-4-2/h11-14,17-20,23-26,29-32,46H,3-10,15-16,21-22,27-28,33-45H2,1-2H3/b13-11+,14-12+,19-17+,20-18+,25-23+,26-24+,31-29+,32-30+. The van der Waals surface area contributed by atoms with Crippen molar-refractivity contribution < 1.29 is 19.1 Å². The number of carbonyl (C=O) groups is 2. The fourth-order valence-corrected chi connectivity index (χ4v) is 5.86. The summed E-state index contributed by atoms with van der Waals surface area (Å²) in [6, 6.07) is 0. The summed E-state index contributed by atoms with van der Waals surface area (Å²) in [5.41, 5.74) is 0. The van der Waals surface area contributed by atoms with Gasteiger partial charge in [0.15, 0.2) is 0 Å². The number of likely N-dealkylation sites (tertiary alicyclic amines) is 1. The van der Waals surface area contributed by atoms with Gasteiger partial charge in [0, 0.05) is 25.8 Å². The van der Waals surface area contributed by atoms with E-state index in [2.05, 4.69) is 116 Å². The SMILES string of the molecule is CCCCC/C=C/C/C=C/C/C=C/C/C=C/CCCC(=O)OCC(CCN1CCCC1)OC(=O)CCC/C=C/C/C=C/C/C=C/C/C=C/CCCCC. The molecule has 0 saturated carbocycles. The molecule has 0 radical (unpaired) electrons. The molecule has 0 aromatic carbocycles. The number of carbonyl (C=O) groups excluding carboxylic acids is 2. The predicted octanol–water partition coefficient (Wildman–Crippen LogP) is 13.2. The summed E-state index contributed by atoms with van der Waals surface area (Å²) in [5.74, 6) is -0.424. The van der Waals surface area contributed by atoms with Crippen LogP contribution in [-0.2, 0) is 19.1 Å². The molecule has 0 aromatic heterocycles. The molecule has 0 aliphatic carbocycles. The molecule has 1 unspecified atom stereocenters. The minimum absolute atomic E-state index is 0.139. The second kappa shape index (κ2) is 38.5. The molecule has 1 aliphatic rings. The van der Waals surface area contributed by atoms with Crippen molar-refractivity contribution in [1.82, 2.24) is 4.90 Å². The zero-order valence-corrected chi connectivity index (χ0v) is 34.0. The maximum absolute atomic E-state index is 12.7. The zero-order valence-electron chi connectivity index (χ0n) is 34.0. The molecule has 0 spiro atoms. The highest BCUT2D eigenvalue weighted by atomic mass is 16.6. The van der Waals surface area contributed by atoms with Gasteiger partial charge in [0.1, 0.15) is 12.7 Å². The number of hydrogen-bond donors (Lipinski definition) is 0. The zero-order chi connectivity index (χ0) is 38.1. The van der Waals surface area contributed by atoms with Crippen molar-refractivity contribution in [1.29, 1.82) is 0 Å². The van der Waals surface area contributed by atoms with Crippen molar-refractivity contribution in [2.45, 2.75) is 168 Å². The summed E-state index contributed by atoms with van der Waals surface area (Å²) in [6.45, 7) is 7.66. The van der Waals surface area contributed by atoms with E-state index in [1.54, 1.807) is 0 Å². The first-order valence-electron chi connectivity index (χ1n) is 21.4. The Kier molecular flexibility index (Phi) is 34.8. The molecule has 1 saturated heterocycles. The molecule has 0 bridgehead atoms. The fourth-order valence-electron chi connectivity index (χ4n) is 5.86. The van der Waals surface area contributed by atoms with Crippen LogP contribution in [0.3, 0.4) is 0 Å². The van der Waals surface area contributed by atoms with E-state index in [0.29, 0.717) is 19.3 Å². The Bertz CT molecular complexity index is 1100. The van der Waals surface area contributed by atoms with E-state index in [-0.39, 0.29) is 18.5 Å². The van der Waals surface area contributed by atoms with Crippen molar-refractivity contribution in [3.05, 3.63) is 97.2 Å². The maximum Gasteiger partial charge on any atom is 0.306 e. The highest BCUT2D eigenvalue weighted by Crippen LogP contribution is 2.12. The minimum atomic E-state index is -0.392. The molecule has 0 amide bonds. The molecule has 1 rings (SSSR count). The molecule has 5 heteroatoms. The number of rotatable bonds is 34. The Morgan fingerprint density at radius 3 is 1.30 bits per heavy atom. The largest absolute Gasteiger partial charge is 0.462 e. The van der Waals surface area contributed by atoms with E-state index >= 15 is 0 Å². The van der Waals surface area contributed by atoms with Gasteiger partial charge >= 0.3 is 11.9 Å². The van der Waals surface area contributed by atoms with Gasteiger partial charge in [-0.05, 0) is 116 Å². The fraction of sp³-hybridized carbons (Fsp3) is 0.625. The van der Waals surface area contributed by atoms with Gasteiger partial charge in [-0.3, -0.25) is 9.59 Å². The van der Waals surface area contributed by atoms with Crippen LogP contribution in [-0.4, -0.2) is 49.2 Å². The number of nitrogens with zero attached hydrogens (tertiary/aromatic N) is 1. The molecular weight excluding hydrogens is 655 g/mol. The summed E-state index contributed by atoms with van der Waals surface area (Å²) in [7, 11) is 0. The summed E-state index contributed by atoms with van der Waals surface area (Å²) in [4.78, 5) is 27.5. The Labute approximate surface area is 326 Å². The normalized spacial score (nSPS) is 15.1. The topological polar surface area (TPSA) is 55.8 Å². The second-order valence-corrected chi connectivity index (χ2v) is 14.1. The van der Waals surface area contributed by atoms with Gasteiger partial charge in [-0.1, -0.05) is 137 Å². The Morgan fingerprint density at radius 1 is 0.509 bits per heavy atom. The summed E-state index contributed by atoms with van der Waals surface area (Å²) < 4.78 is 11.4. The molecule has 0 aromatic rings. The average Bonchev–Trinajstić information content (AvgIpc) is 3.69. The molecule has 1 atom stereocenters. The first-order valence-corrected chi connectivity index (χ1v) is 21.4. The van der Waals surface area contributed by atoms with Crippen LogP contribution >= 0.6 is 0 Å². The highest BCUT2D eigenvalue weighted by Gasteiger charge is 2.20. The van der Waals surface area contributed by atoms with Crippen molar-refractivity contribution in [3.63, 3.8) is 0 Å². The molecule has 1 heterocycles. The van der Waals surface area contributed by atoms with Crippen LogP contribution in [0.1, 0.15) is 162 Å². The second-order valence-electron chi connectivity index (χ2n) is 14.1. The van der Waals surface area contributed by atoms with Crippen molar-refractivity contribution >= 4 is 11.9 Å². The number of unbranched alkanes of at least 4 members (excludes halogenated alkanes) is 8. The quantitative estimate of drug-likeness (QED) is 0.0375. The molecule has 5 nitrogen and oxygen atoms in total. The monoisotopic (exact) mass is 732 g/mol. The lowest BCUT2D eigenvalue weighted by molar-refractivity contribution is -0.159. The molecule has 0 N–H and O–H groups in total. The lowest BCUT2D eigenvalue weighted by Gasteiger charge is -2.21. The third-order valence-electron chi connectivity index (χ3n) is 9.11. The summed E-state index contributed by atoms with van der Waals surface area (Å²) >= 11 is 0. The van der Waals surface area contributed by atoms with Gasteiger partial charge in [0.2, 0.25) is 0 Å². The molecular formula is C48H77NO4. The van der Waals surface area contributed by atoms with Gasteiger partial charge in [0.05, 0.1) is 0 Å². The van der Waals surface area contributed by atoms with Gasteiger partial charge in [-0.2, -0.15) is 0 Å². The Morgan fingerprint density at radius 2 is 0.887 bits per heavy atom. The summed E-state index contributed by atoms with van der Waals surface area (Å²) in [5, 5.41) is 0. The first-order chi connectivity index (χ1) is 26.2. The van der Waals surface area contributed by atoms with Crippen LogP contribution in [0.4, 0.5) is 0 Å². The van der Waals surface area contributed by atoms with E-state index in [0.717, 1.165) is 83.8 Å². The lowest BCUT2D eigenvalue weighted by atomic mass is 10.2. The highest BCUT2D eigenvalue weighted by molar-refractivity contribution is 5.70. The first kappa shape index (κ1) is 47.8. The summed E-state index contributed by atoms with van der Waals surface area (Å²) in [6.07, 6.45) is 58.0. The third kappa shape index (κ3) is 34.3. The van der Waals surface area contributed by atoms with Crippen LogP contribution in [0.15, 0.2) is 97.2 Å². The van der Waals surface area contributed by atoms with Crippen LogP contribution in [0.25, 0.3) is 0 Å². The lowest BCUT2D eigenvalue weighted by Crippen LogP contribution is -2.30. The van der Waals surface area contributed by atoms with E-state index in [4.69, 9.17) is 9.47 Å². The van der Waals surface area contributed by atoms with Crippen molar-refractivity contribution in [2.24, 2.45) is 0 Å².